The molecule has 0 bridgehead atoms. The Morgan fingerprint density at radius 1 is 1.19 bits per heavy atom. The Kier molecular flexibility index (Phi) is 6.72. The van der Waals surface area contributed by atoms with Gasteiger partial charge in [0.2, 0.25) is 11.8 Å². The standard InChI is InChI=1S/C20H26N4O2/c1-5-21-19(25)14-23(6-2)20(26)13-12-18-15(3)22-24(16(18)4)17-10-8-7-9-11-17/h7-13H,5-6,14H2,1-4H3,(H,21,25). The average molecular weight is 354 g/mol. The molecule has 0 aliphatic carbocycles. The van der Waals surface area contributed by atoms with Crippen molar-refractivity contribution in [3.8, 4) is 5.69 Å². The van der Waals surface area contributed by atoms with E-state index in [0.29, 0.717) is 13.1 Å². The number of carbonyl (C=O) groups excluding carboxylic acids is 2. The molecule has 26 heavy (non-hydrogen) atoms. The minimum Gasteiger partial charge on any atom is -0.355 e. The van der Waals surface area contributed by atoms with Crippen LogP contribution in [0.25, 0.3) is 11.8 Å². The smallest absolute Gasteiger partial charge is 0.247 e. The van der Waals surface area contributed by atoms with E-state index in [1.165, 1.54) is 11.0 Å². The fourth-order valence-electron chi connectivity index (χ4n) is 2.75. The minimum absolute atomic E-state index is 0.0642. The SMILES string of the molecule is CCNC(=O)CN(CC)C(=O)C=Cc1c(C)nn(-c2ccccc2)c1C. The summed E-state index contributed by atoms with van der Waals surface area (Å²) >= 11 is 0. The number of nitrogens with one attached hydrogen (secondary N) is 1. The van der Waals surface area contributed by atoms with Gasteiger partial charge in [-0.3, -0.25) is 9.59 Å². The Bertz CT molecular complexity index is 794. The highest BCUT2D eigenvalue weighted by molar-refractivity contribution is 5.94. The molecule has 0 unspecified atom stereocenters. The van der Waals surface area contributed by atoms with Crippen molar-refractivity contribution in [1.82, 2.24) is 20.0 Å². The van der Waals surface area contributed by atoms with Crippen LogP contribution in [0.15, 0.2) is 36.4 Å². The maximum absolute atomic E-state index is 12.4. The van der Waals surface area contributed by atoms with E-state index in [1.54, 1.807) is 6.08 Å². The highest BCUT2D eigenvalue weighted by atomic mass is 16.2. The van der Waals surface area contributed by atoms with Crippen LogP contribution in [0.3, 0.4) is 0 Å². The van der Waals surface area contributed by atoms with Gasteiger partial charge in [-0.05, 0) is 45.9 Å². The largest absolute Gasteiger partial charge is 0.355 e. The quantitative estimate of drug-likeness (QED) is 0.777. The molecule has 1 N–H and O–H groups in total. The molecular formula is C20H26N4O2. The van der Waals surface area contributed by atoms with E-state index in [-0.39, 0.29) is 18.4 Å². The molecule has 1 aromatic heterocycles. The van der Waals surface area contributed by atoms with Crippen LogP contribution < -0.4 is 5.32 Å². The number of hydrogen-bond acceptors (Lipinski definition) is 3. The summed E-state index contributed by atoms with van der Waals surface area (Å²) in [7, 11) is 0. The lowest BCUT2D eigenvalue weighted by molar-refractivity contribution is -0.132. The normalized spacial score (nSPS) is 10.9. The van der Waals surface area contributed by atoms with Crippen LogP contribution in [-0.4, -0.2) is 46.1 Å². The van der Waals surface area contributed by atoms with Crippen LogP contribution in [0.2, 0.25) is 0 Å². The van der Waals surface area contributed by atoms with Crippen molar-refractivity contribution >= 4 is 17.9 Å². The molecule has 0 aliphatic heterocycles. The zero-order valence-electron chi connectivity index (χ0n) is 15.8. The van der Waals surface area contributed by atoms with Crippen molar-refractivity contribution in [2.45, 2.75) is 27.7 Å². The molecule has 138 valence electrons. The van der Waals surface area contributed by atoms with E-state index in [0.717, 1.165) is 22.6 Å². The fraction of sp³-hybridized carbons (Fsp3) is 0.350. The van der Waals surface area contributed by atoms with Crippen LogP contribution in [-0.2, 0) is 9.59 Å². The van der Waals surface area contributed by atoms with Gasteiger partial charge in [0.05, 0.1) is 17.9 Å². The first kappa shape index (κ1) is 19.4. The van der Waals surface area contributed by atoms with Crippen LogP contribution in [0.5, 0.6) is 0 Å². The molecule has 0 radical (unpaired) electrons. The molecule has 2 amide bonds. The van der Waals surface area contributed by atoms with Crippen LogP contribution in [0.4, 0.5) is 0 Å². The van der Waals surface area contributed by atoms with E-state index in [1.807, 2.05) is 62.7 Å². The molecule has 1 heterocycles. The summed E-state index contributed by atoms with van der Waals surface area (Å²) in [6.45, 7) is 8.70. The molecule has 6 nitrogen and oxygen atoms in total. The monoisotopic (exact) mass is 354 g/mol. The summed E-state index contributed by atoms with van der Waals surface area (Å²) in [5, 5.41) is 7.28. The summed E-state index contributed by atoms with van der Waals surface area (Å²) in [6, 6.07) is 9.87. The highest BCUT2D eigenvalue weighted by Gasteiger charge is 2.14. The zero-order valence-corrected chi connectivity index (χ0v) is 15.8. The second-order valence-electron chi connectivity index (χ2n) is 5.97. The molecule has 1 aromatic carbocycles. The number of nitrogens with zero attached hydrogens (tertiary/aromatic N) is 3. The number of carbonyl (C=O) groups is 2. The third-order valence-corrected chi connectivity index (χ3v) is 4.14. The Morgan fingerprint density at radius 3 is 2.50 bits per heavy atom. The van der Waals surface area contributed by atoms with Crippen molar-refractivity contribution in [3.05, 3.63) is 53.4 Å². The highest BCUT2D eigenvalue weighted by Crippen LogP contribution is 2.19. The van der Waals surface area contributed by atoms with Gasteiger partial charge < -0.3 is 10.2 Å². The van der Waals surface area contributed by atoms with Crippen molar-refractivity contribution in [3.63, 3.8) is 0 Å². The summed E-state index contributed by atoms with van der Waals surface area (Å²) in [6.07, 6.45) is 3.29. The first-order valence-corrected chi connectivity index (χ1v) is 8.83. The van der Waals surface area contributed by atoms with Crippen LogP contribution in [0.1, 0.15) is 30.8 Å². The molecule has 0 saturated heterocycles. The number of likely N-dealkylation sites (N-methyl/N-ethyl adjacent to an activating group) is 2. The number of aryl methyl sites for hydroxylation is 1. The third-order valence-electron chi connectivity index (χ3n) is 4.14. The number of aromatic nitrogens is 2. The molecule has 2 rings (SSSR count). The Balaban J connectivity index is 2.18. The first-order chi connectivity index (χ1) is 12.5. The van der Waals surface area contributed by atoms with Gasteiger partial charge in [0, 0.05) is 30.4 Å². The first-order valence-electron chi connectivity index (χ1n) is 8.83. The lowest BCUT2D eigenvalue weighted by Crippen LogP contribution is -2.39. The van der Waals surface area contributed by atoms with Gasteiger partial charge in [-0.15, -0.1) is 0 Å². The average Bonchev–Trinajstić information content (AvgIpc) is 2.92. The zero-order chi connectivity index (χ0) is 19.1. The second kappa shape index (κ2) is 8.99. The van der Waals surface area contributed by atoms with E-state index in [4.69, 9.17) is 0 Å². The number of hydrogen-bond donors (Lipinski definition) is 1. The Hall–Kier alpha value is -2.89. The molecule has 2 aromatic rings. The molecule has 6 heteroatoms. The van der Waals surface area contributed by atoms with Gasteiger partial charge >= 0.3 is 0 Å². The lowest BCUT2D eigenvalue weighted by atomic mass is 10.1. The van der Waals surface area contributed by atoms with Crippen LogP contribution >= 0.6 is 0 Å². The van der Waals surface area contributed by atoms with Gasteiger partial charge in [-0.1, -0.05) is 18.2 Å². The summed E-state index contributed by atoms with van der Waals surface area (Å²) in [4.78, 5) is 25.6. The predicted molar refractivity (Wildman–Crippen MR) is 103 cm³/mol. The van der Waals surface area contributed by atoms with Gasteiger partial charge in [0.15, 0.2) is 0 Å². The molecule has 0 fully saturated rings. The Labute approximate surface area is 154 Å². The van der Waals surface area contributed by atoms with Crippen molar-refractivity contribution in [2.75, 3.05) is 19.6 Å². The molecular weight excluding hydrogens is 328 g/mol. The van der Waals surface area contributed by atoms with Gasteiger partial charge in [0.25, 0.3) is 0 Å². The second-order valence-corrected chi connectivity index (χ2v) is 5.97. The predicted octanol–water partition coefficient (Wildman–Crippen LogP) is 2.49. The lowest BCUT2D eigenvalue weighted by Gasteiger charge is -2.18. The van der Waals surface area contributed by atoms with E-state index < -0.39 is 0 Å². The summed E-state index contributed by atoms with van der Waals surface area (Å²) in [5.74, 6) is -0.342. The summed E-state index contributed by atoms with van der Waals surface area (Å²) < 4.78 is 1.87. The summed E-state index contributed by atoms with van der Waals surface area (Å²) in [5.41, 5.74) is 3.70. The van der Waals surface area contributed by atoms with Crippen LogP contribution in [0, 0.1) is 13.8 Å². The molecule has 0 spiro atoms. The van der Waals surface area contributed by atoms with Gasteiger partial charge in [-0.25, -0.2) is 4.68 Å². The van der Waals surface area contributed by atoms with E-state index in [9.17, 15) is 9.59 Å². The molecule has 0 aliphatic rings. The van der Waals surface area contributed by atoms with Crippen molar-refractivity contribution in [1.29, 1.82) is 0 Å². The fourth-order valence-corrected chi connectivity index (χ4v) is 2.75. The number of rotatable bonds is 7. The number of para-hydroxylation sites is 1. The minimum atomic E-state index is -0.190. The van der Waals surface area contributed by atoms with Crippen molar-refractivity contribution < 1.29 is 9.59 Å². The molecule has 0 atom stereocenters. The van der Waals surface area contributed by atoms with Gasteiger partial charge in [0.1, 0.15) is 0 Å². The molecule has 0 saturated carbocycles. The number of amides is 2. The third kappa shape index (κ3) is 4.59. The maximum atomic E-state index is 12.4. The van der Waals surface area contributed by atoms with E-state index >= 15 is 0 Å². The topological polar surface area (TPSA) is 67.2 Å². The van der Waals surface area contributed by atoms with E-state index in [2.05, 4.69) is 10.4 Å². The maximum Gasteiger partial charge on any atom is 0.247 e. The Morgan fingerprint density at radius 2 is 1.88 bits per heavy atom. The van der Waals surface area contributed by atoms with Crippen molar-refractivity contribution in [2.24, 2.45) is 0 Å². The number of benzene rings is 1. The van der Waals surface area contributed by atoms with Gasteiger partial charge in [-0.2, -0.15) is 5.10 Å².